The molecule has 1 saturated carbocycles. The molecular weight excluding hydrogens is 462 g/mol. The molecule has 2 fully saturated rings. The Hall–Kier alpha value is -1.45. The number of aryl methyl sites for hydroxylation is 1. The predicted molar refractivity (Wildman–Crippen MR) is 128 cm³/mol. The number of rotatable bonds is 8. The number of carbonyl (C=O) groups excluding carboxylic acids is 1. The van der Waals surface area contributed by atoms with Crippen molar-refractivity contribution >= 4 is 33.6 Å². The van der Waals surface area contributed by atoms with Crippen LogP contribution in [0.25, 0.3) is 0 Å². The molecule has 0 bridgehead atoms. The molecule has 0 atom stereocenters. The molecule has 0 unspecified atom stereocenters. The van der Waals surface area contributed by atoms with E-state index in [1.807, 2.05) is 13.1 Å². The van der Waals surface area contributed by atoms with Crippen molar-refractivity contribution in [2.75, 3.05) is 31.1 Å². The summed E-state index contributed by atoms with van der Waals surface area (Å²) in [6.45, 7) is 4.55. The van der Waals surface area contributed by atoms with E-state index in [4.69, 9.17) is 0 Å². The Kier molecular flexibility index (Phi) is 6.82. The summed E-state index contributed by atoms with van der Waals surface area (Å²) in [6.07, 6.45) is 10.1. The summed E-state index contributed by atoms with van der Waals surface area (Å²) in [7, 11) is 0. The summed E-state index contributed by atoms with van der Waals surface area (Å²) in [5, 5.41) is 1.80. The number of hydrogen-bond donors (Lipinski definition) is 0. The normalized spacial score (nSPS) is 25.0. The van der Waals surface area contributed by atoms with Gasteiger partial charge in [0.2, 0.25) is 0 Å². The van der Waals surface area contributed by atoms with Crippen molar-refractivity contribution in [2.45, 2.75) is 70.8 Å². The lowest BCUT2D eigenvalue weighted by atomic mass is 9.78. The molecule has 0 spiro atoms. The van der Waals surface area contributed by atoms with Crippen molar-refractivity contribution in [1.29, 1.82) is 0 Å². The van der Waals surface area contributed by atoms with Gasteiger partial charge < -0.3 is 4.90 Å². The second-order valence-electron chi connectivity index (χ2n) is 10.0. The molecule has 4 heterocycles. The van der Waals surface area contributed by atoms with E-state index in [0.717, 1.165) is 65.5 Å². The van der Waals surface area contributed by atoms with Crippen molar-refractivity contribution in [3.63, 3.8) is 0 Å². The molecule has 5 nitrogen and oxygen atoms in total. The van der Waals surface area contributed by atoms with E-state index in [1.165, 1.54) is 24.1 Å². The van der Waals surface area contributed by atoms with Gasteiger partial charge in [0, 0.05) is 41.9 Å². The van der Waals surface area contributed by atoms with Crippen LogP contribution in [0.3, 0.4) is 0 Å². The summed E-state index contributed by atoms with van der Waals surface area (Å²) < 4.78 is 26.4. The zero-order chi connectivity index (χ0) is 23.0. The highest BCUT2D eigenvalue weighted by Crippen LogP contribution is 2.38. The van der Waals surface area contributed by atoms with Crippen LogP contribution in [0.4, 0.5) is 13.9 Å². The van der Waals surface area contributed by atoms with E-state index in [9.17, 15) is 13.6 Å². The van der Waals surface area contributed by atoms with E-state index in [2.05, 4.69) is 14.9 Å². The van der Waals surface area contributed by atoms with Crippen LogP contribution in [0, 0.1) is 18.8 Å². The molecule has 180 valence electrons. The summed E-state index contributed by atoms with van der Waals surface area (Å²) >= 11 is 3.23. The maximum atomic E-state index is 13.2. The van der Waals surface area contributed by atoms with Gasteiger partial charge in [0.1, 0.15) is 5.78 Å². The fourth-order valence-electron chi connectivity index (χ4n) is 5.38. The fourth-order valence-corrected chi connectivity index (χ4v) is 7.26. The first kappa shape index (κ1) is 23.3. The minimum Gasteiger partial charge on any atom is -0.336 e. The number of carbonyl (C=O) groups is 1. The molecular formula is C24H32F2N4OS2. The molecule has 3 aliphatic rings. The number of halogens is 2. The van der Waals surface area contributed by atoms with E-state index in [0.29, 0.717) is 24.5 Å². The van der Waals surface area contributed by atoms with Gasteiger partial charge >= 0.3 is 0 Å². The predicted octanol–water partition coefficient (Wildman–Crippen LogP) is 5.12. The summed E-state index contributed by atoms with van der Waals surface area (Å²) in [4.78, 5) is 27.9. The molecule has 0 amide bonds. The van der Waals surface area contributed by atoms with Crippen LogP contribution in [0.1, 0.15) is 59.0 Å². The Balaban J connectivity index is 1.02. The lowest BCUT2D eigenvalue weighted by molar-refractivity contribution is -0.119. The van der Waals surface area contributed by atoms with Crippen LogP contribution < -0.4 is 4.90 Å². The number of alkyl halides is 2. The topological polar surface area (TPSA) is 49.3 Å². The van der Waals surface area contributed by atoms with Crippen molar-refractivity contribution in [1.82, 2.24) is 14.9 Å². The second-order valence-corrected chi connectivity index (χ2v) is 12.4. The molecule has 9 heteroatoms. The van der Waals surface area contributed by atoms with Gasteiger partial charge in [0.25, 0.3) is 5.92 Å². The molecule has 0 aromatic carbocycles. The lowest BCUT2D eigenvalue weighted by Gasteiger charge is -2.38. The second kappa shape index (κ2) is 9.66. The van der Waals surface area contributed by atoms with Crippen molar-refractivity contribution in [2.24, 2.45) is 11.8 Å². The van der Waals surface area contributed by atoms with Gasteiger partial charge in [0.15, 0.2) is 5.13 Å². The minimum absolute atomic E-state index is 0.192. The number of Topliss-reactive ketones (excluding diaryl/α,β-unsaturated/α-hetero) is 1. The lowest BCUT2D eigenvalue weighted by Crippen LogP contribution is -2.56. The summed E-state index contributed by atoms with van der Waals surface area (Å²) in [5.74, 6) is -0.903. The number of aromatic nitrogens is 2. The molecule has 1 saturated heterocycles. The average Bonchev–Trinajstić information content (AvgIpc) is 3.36. The van der Waals surface area contributed by atoms with E-state index in [-0.39, 0.29) is 13.1 Å². The average molecular weight is 495 g/mol. The zero-order valence-electron chi connectivity index (χ0n) is 19.2. The van der Waals surface area contributed by atoms with Crippen LogP contribution in [-0.2, 0) is 24.2 Å². The Morgan fingerprint density at radius 1 is 1.18 bits per heavy atom. The Bertz CT molecular complexity index is 975. The van der Waals surface area contributed by atoms with Crippen LogP contribution in [0.5, 0.6) is 0 Å². The van der Waals surface area contributed by atoms with Crippen molar-refractivity contribution < 1.29 is 13.6 Å². The van der Waals surface area contributed by atoms with E-state index in [1.54, 1.807) is 27.6 Å². The number of ketones is 1. The number of hydrogen-bond acceptors (Lipinski definition) is 7. The smallest absolute Gasteiger partial charge is 0.282 e. The third kappa shape index (κ3) is 5.80. The number of thiazole rings is 2. The Morgan fingerprint density at radius 2 is 1.94 bits per heavy atom. The number of nitrogens with zero attached hydrogens (tertiary/aromatic N) is 4. The molecule has 2 aliphatic heterocycles. The standard InChI is InChI=1S/C24H32F2N4OS2/c1-16-27-12-20(32-16)11-19(31)10-18-4-2-17(3-5-18)6-8-29-9-7-22-21(13-29)28-23(33-22)30-14-24(25,26)15-30/h12,17-18H,2-11,13-15H2,1H3. The van der Waals surface area contributed by atoms with Crippen LogP contribution in [0.2, 0.25) is 0 Å². The highest BCUT2D eigenvalue weighted by Gasteiger charge is 2.45. The van der Waals surface area contributed by atoms with Crippen molar-refractivity contribution in [3.8, 4) is 0 Å². The minimum atomic E-state index is -2.55. The first-order valence-electron chi connectivity index (χ1n) is 12.1. The van der Waals surface area contributed by atoms with Crippen LogP contribution >= 0.6 is 22.7 Å². The van der Waals surface area contributed by atoms with Gasteiger partial charge in [-0.15, -0.1) is 22.7 Å². The maximum absolute atomic E-state index is 13.2. The van der Waals surface area contributed by atoms with E-state index >= 15 is 0 Å². The monoisotopic (exact) mass is 494 g/mol. The van der Waals surface area contributed by atoms with E-state index < -0.39 is 5.92 Å². The van der Waals surface area contributed by atoms with Crippen LogP contribution in [0.15, 0.2) is 6.20 Å². The molecule has 2 aromatic rings. The SMILES string of the molecule is Cc1ncc(CC(=O)CC2CCC(CCN3CCc4sc(N5CC(F)(F)C5)nc4C3)CC2)s1. The van der Waals surface area contributed by atoms with Gasteiger partial charge in [0.05, 0.1) is 23.8 Å². The molecule has 1 aliphatic carbocycles. The Morgan fingerprint density at radius 3 is 2.64 bits per heavy atom. The number of anilines is 1. The first-order chi connectivity index (χ1) is 15.8. The van der Waals surface area contributed by atoms with Gasteiger partial charge in [-0.1, -0.05) is 12.8 Å². The highest BCUT2D eigenvalue weighted by atomic mass is 32.1. The molecule has 0 radical (unpaired) electrons. The maximum Gasteiger partial charge on any atom is 0.282 e. The fraction of sp³-hybridized carbons (Fsp3) is 0.708. The quantitative estimate of drug-likeness (QED) is 0.510. The summed E-state index contributed by atoms with van der Waals surface area (Å²) in [6, 6.07) is 0. The van der Waals surface area contributed by atoms with Gasteiger partial charge in [-0.2, -0.15) is 0 Å². The third-order valence-corrected chi connectivity index (χ3v) is 9.42. The van der Waals surface area contributed by atoms with Crippen LogP contribution in [-0.4, -0.2) is 52.8 Å². The molecule has 2 aromatic heterocycles. The zero-order valence-corrected chi connectivity index (χ0v) is 20.8. The molecule has 5 rings (SSSR count). The van der Waals surface area contributed by atoms with Gasteiger partial charge in [-0.3, -0.25) is 9.69 Å². The van der Waals surface area contributed by atoms with Gasteiger partial charge in [-0.05, 0) is 51.0 Å². The third-order valence-electron chi connectivity index (χ3n) is 7.29. The molecule has 33 heavy (non-hydrogen) atoms. The van der Waals surface area contributed by atoms with Gasteiger partial charge in [-0.25, -0.2) is 18.7 Å². The summed E-state index contributed by atoms with van der Waals surface area (Å²) in [5.41, 5.74) is 1.09. The largest absolute Gasteiger partial charge is 0.336 e. The van der Waals surface area contributed by atoms with Crippen molar-refractivity contribution in [3.05, 3.63) is 26.7 Å². The number of fused-ring (bicyclic) bond motifs is 1. The highest BCUT2D eigenvalue weighted by molar-refractivity contribution is 7.15. The Labute approximate surface area is 202 Å². The molecule has 0 N–H and O–H groups in total. The first-order valence-corrected chi connectivity index (χ1v) is 13.7.